The van der Waals surface area contributed by atoms with Crippen molar-refractivity contribution < 1.29 is 28.6 Å². The molecular formula is C64H116O6. The number of hydrogen-bond acceptors (Lipinski definition) is 6. The molecule has 408 valence electrons. The highest BCUT2D eigenvalue weighted by atomic mass is 16.6. The highest BCUT2D eigenvalue weighted by Crippen LogP contribution is 2.16. The molecule has 1 atom stereocenters. The fourth-order valence-corrected chi connectivity index (χ4v) is 8.88. The summed E-state index contributed by atoms with van der Waals surface area (Å²) in [5.74, 6) is -0.883. The molecule has 0 bridgehead atoms. The molecule has 6 heteroatoms. The molecule has 0 radical (unpaired) electrons. The van der Waals surface area contributed by atoms with Crippen LogP contribution in [0.5, 0.6) is 0 Å². The standard InChI is InChI=1S/C64H116O6/c1-4-7-10-13-16-19-22-25-28-31-34-36-39-42-45-48-51-54-57-63(66)69-60-61(70-64(67)58-55-52-49-46-43-40-37-33-30-27-24-21-18-15-12-9-6-3)59-68-62(65)56-53-50-47-44-41-38-35-32-29-26-23-20-17-14-11-8-5-2/h18,21,26-27,29-30,34,36,61H,4-17,19-20,22-25,28,31-33,35,37-60H2,1-3H3/b21-18-,29-26-,30-27-,36-34-. The average Bonchev–Trinajstić information content (AvgIpc) is 3.36. The first-order valence-electron chi connectivity index (χ1n) is 30.6. The summed E-state index contributed by atoms with van der Waals surface area (Å²) in [5.41, 5.74) is 0. The third-order valence-electron chi connectivity index (χ3n) is 13.5. The van der Waals surface area contributed by atoms with Crippen molar-refractivity contribution in [1.82, 2.24) is 0 Å². The summed E-state index contributed by atoms with van der Waals surface area (Å²) in [6, 6.07) is 0. The molecule has 6 nitrogen and oxygen atoms in total. The van der Waals surface area contributed by atoms with Gasteiger partial charge < -0.3 is 14.2 Å². The molecule has 0 aliphatic carbocycles. The maximum absolute atomic E-state index is 12.9. The number of allylic oxidation sites excluding steroid dienone is 8. The minimum absolute atomic E-state index is 0.0795. The SMILES string of the molecule is CCCCC/C=C\C/C=C\CCCCCCCCCC(=O)OC(COC(=O)CCCCCCC/C=C\CCCCCCCCCCC)COC(=O)CCCCCCCCC/C=C\CCCCCCCC. The molecule has 0 heterocycles. The van der Waals surface area contributed by atoms with Gasteiger partial charge in [-0.05, 0) is 103 Å². The van der Waals surface area contributed by atoms with Crippen LogP contribution in [0.25, 0.3) is 0 Å². The first-order valence-corrected chi connectivity index (χ1v) is 30.6. The van der Waals surface area contributed by atoms with Gasteiger partial charge in [0.2, 0.25) is 0 Å². The molecular weight excluding hydrogens is 865 g/mol. The molecule has 0 N–H and O–H groups in total. The number of carbonyl (C=O) groups is 3. The van der Waals surface area contributed by atoms with Crippen LogP contribution in [-0.2, 0) is 28.6 Å². The second-order valence-corrected chi connectivity index (χ2v) is 20.6. The zero-order valence-corrected chi connectivity index (χ0v) is 46.8. The van der Waals surface area contributed by atoms with E-state index in [0.717, 1.165) is 77.0 Å². The summed E-state index contributed by atoms with van der Waals surface area (Å²) in [6.07, 6.45) is 72.4. The largest absolute Gasteiger partial charge is 0.462 e. The summed E-state index contributed by atoms with van der Waals surface area (Å²) < 4.78 is 16.9. The van der Waals surface area contributed by atoms with E-state index in [4.69, 9.17) is 14.2 Å². The Hall–Kier alpha value is -2.63. The van der Waals surface area contributed by atoms with Gasteiger partial charge in [0, 0.05) is 19.3 Å². The van der Waals surface area contributed by atoms with Gasteiger partial charge in [0.15, 0.2) is 6.10 Å². The van der Waals surface area contributed by atoms with E-state index >= 15 is 0 Å². The van der Waals surface area contributed by atoms with E-state index in [1.165, 1.54) is 205 Å². The van der Waals surface area contributed by atoms with Crippen LogP contribution in [0, 0.1) is 0 Å². The van der Waals surface area contributed by atoms with Gasteiger partial charge in [-0.1, -0.05) is 249 Å². The van der Waals surface area contributed by atoms with Crippen LogP contribution in [0.1, 0.15) is 323 Å². The lowest BCUT2D eigenvalue weighted by atomic mass is 10.1. The van der Waals surface area contributed by atoms with Crippen molar-refractivity contribution >= 4 is 17.9 Å². The van der Waals surface area contributed by atoms with Gasteiger partial charge in [-0.25, -0.2) is 0 Å². The number of rotatable bonds is 56. The Morgan fingerprint density at radius 2 is 0.514 bits per heavy atom. The number of unbranched alkanes of at least 4 members (excludes halogenated alkanes) is 37. The summed E-state index contributed by atoms with van der Waals surface area (Å²) >= 11 is 0. The highest BCUT2D eigenvalue weighted by Gasteiger charge is 2.19. The van der Waals surface area contributed by atoms with E-state index in [1.54, 1.807) is 0 Å². The van der Waals surface area contributed by atoms with Gasteiger partial charge in [-0.15, -0.1) is 0 Å². The molecule has 1 unspecified atom stereocenters. The lowest BCUT2D eigenvalue weighted by molar-refractivity contribution is -0.167. The molecule has 0 fully saturated rings. The van der Waals surface area contributed by atoms with Crippen LogP contribution in [0.3, 0.4) is 0 Å². The van der Waals surface area contributed by atoms with Crippen LogP contribution < -0.4 is 0 Å². The highest BCUT2D eigenvalue weighted by molar-refractivity contribution is 5.71. The van der Waals surface area contributed by atoms with E-state index < -0.39 is 6.10 Å². The fourth-order valence-electron chi connectivity index (χ4n) is 8.88. The Kier molecular flexibility index (Phi) is 56.7. The molecule has 0 aliphatic heterocycles. The Morgan fingerprint density at radius 3 is 0.829 bits per heavy atom. The summed E-state index contributed by atoms with van der Waals surface area (Å²) in [7, 11) is 0. The first kappa shape index (κ1) is 67.4. The molecule has 0 spiro atoms. The minimum atomic E-state index is -0.782. The molecule has 0 saturated heterocycles. The smallest absolute Gasteiger partial charge is 0.306 e. The monoisotopic (exact) mass is 981 g/mol. The molecule has 0 saturated carbocycles. The Bertz CT molecular complexity index is 1220. The number of hydrogen-bond donors (Lipinski definition) is 0. The van der Waals surface area contributed by atoms with Crippen molar-refractivity contribution in [3.8, 4) is 0 Å². The fraction of sp³-hybridized carbons (Fsp3) is 0.828. The summed E-state index contributed by atoms with van der Waals surface area (Å²) in [6.45, 7) is 6.64. The zero-order valence-electron chi connectivity index (χ0n) is 46.8. The van der Waals surface area contributed by atoms with E-state index in [1.807, 2.05) is 0 Å². The third-order valence-corrected chi connectivity index (χ3v) is 13.5. The van der Waals surface area contributed by atoms with Crippen molar-refractivity contribution in [1.29, 1.82) is 0 Å². The summed E-state index contributed by atoms with van der Waals surface area (Å²) in [4.78, 5) is 38.2. The Balaban J connectivity index is 4.38. The van der Waals surface area contributed by atoms with Crippen LogP contribution >= 0.6 is 0 Å². The van der Waals surface area contributed by atoms with E-state index in [2.05, 4.69) is 69.4 Å². The average molecular weight is 982 g/mol. The summed E-state index contributed by atoms with van der Waals surface area (Å²) in [5, 5.41) is 0. The zero-order chi connectivity index (χ0) is 50.7. The second kappa shape index (κ2) is 58.9. The quantitative estimate of drug-likeness (QED) is 0.0261. The Labute approximate surface area is 435 Å². The predicted molar refractivity (Wildman–Crippen MR) is 302 cm³/mol. The van der Waals surface area contributed by atoms with Crippen molar-refractivity contribution in [3.05, 3.63) is 48.6 Å². The van der Waals surface area contributed by atoms with Gasteiger partial charge in [0.1, 0.15) is 13.2 Å². The van der Waals surface area contributed by atoms with Crippen molar-refractivity contribution in [2.75, 3.05) is 13.2 Å². The number of esters is 3. The molecule has 0 aromatic carbocycles. The van der Waals surface area contributed by atoms with Crippen LogP contribution in [0.15, 0.2) is 48.6 Å². The lowest BCUT2D eigenvalue weighted by Crippen LogP contribution is -2.30. The maximum Gasteiger partial charge on any atom is 0.306 e. The number of carbonyl (C=O) groups excluding carboxylic acids is 3. The normalized spacial score (nSPS) is 12.3. The predicted octanol–water partition coefficient (Wildman–Crippen LogP) is 20.6. The Morgan fingerprint density at radius 1 is 0.286 bits per heavy atom. The molecule has 0 aromatic heterocycles. The number of ether oxygens (including phenoxy) is 3. The molecule has 0 aromatic rings. The third kappa shape index (κ3) is 56.3. The molecule has 0 amide bonds. The second-order valence-electron chi connectivity index (χ2n) is 20.6. The van der Waals surface area contributed by atoms with Crippen LogP contribution in [0.4, 0.5) is 0 Å². The van der Waals surface area contributed by atoms with E-state index in [-0.39, 0.29) is 31.1 Å². The maximum atomic E-state index is 12.9. The lowest BCUT2D eigenvalue weighted by Gasteiger charge is -2.18. The van der Waals surface area contributed by atoms with E-state index in [0.29, 0.717) is 19.3 Å². The van der Waals surface area contributed by atoms with E-state index in [9.17, 15) is 14.4 Å². The molecule has 70 heavy (non-hydrogen) atoms. The molecule has 0 rings (SSSR count). The van der Waals surface area contributed by atoms with Crippen molar-refractivity contribution in [2.45, 2.75) is 329 Å². The van der Waals surface area contributed by atoms with Gasteiger partial charge in [-0.2, -0.15) is 0 Å². The van der Waals surface area contributed by atoms with Crippen molar-refractivity contribution in [3.63, 3.8) is 0 Å². The van der Waals surface area contributed by atoms with Gasteiger partial charge in [-0.3, -0.25) is 14.4 Å². The van der Waals surface area contributed by atoms with Gasteiger partial charge >= 0.3 is 17.9 Å². The van der Waals surface area contributed by atoms with Gasteiger partial charge in [0.25, 0.3) is 0 Å². The minimum Gasteiger partial charge on any atom is -0.462 e. The van der Waals surface area contributed by atoms with Crippen LogP contribution in [0.2, 0.25) is 0 Å². The van der Waals surface area contributed by atoms with Gasteiger partial charge in [0.05, 0.1) is 0 Å². The first-order chi connectivity index (χ1) is 34.5. The van der Waals surface area contributed by atoms with Crippen molar-refractivity contribution in [2.24, 2.45) is 0 Å². The van der Waals surface area contributed by atoms with Crippen LogP contribution in [-0.4, -0.2) is 37.2 Å². The molecule has 0 aliphatic rings. The topological polar surface area (TPSA) is 78.9 Å².